The molecule has 0 aromatic carbocycles. The Morgan fingerprint density at radius 2 is 1.94 bits per heavy atom. The fourth-order valence-corrected chi connectivity index (χ4v) is 2.67. The van der Waals surface area contributed by atoms with Gasteiger partial charge in [-0.25, -0.2) is 0 Å². The minimum Gasteiger partial charge on any atom is -0.342 e. The van der Waals surface area contributed by atoms with Crippen molar-refractivity contribution in [3.8, 4) is 0 Å². The summed E-state index contributed by atoms with van der Waals surface area (Å²) in [6.45, 7) is 6.10. The zero-order chi connectivity index (χ0) is 12.3. The van der Waals surface area contributed by atoms with Gasteiger partial charge in [0.25, 0.3) is 0 Å². The molecule has 1 fully saturated rings. The first-order valence-corrected chi connectivity index (χ1v) is 6.77. The standard InChI is InChI=1S/C13H24ClNO/c1-10-7-5-6-8-11(10)15(4)12(16)13(2,3)9-14/h10-11H,5-9H2,1-4H3. The van der Waals surface area contributed by atoms with Gasteiger partial charge in [-0.15, -0.1) is 11.6 Å². The molecule has 2 unspecified atom stereocenters. The second-order valence-corrected chi connectivity index (χ2v) is 6.03. The lowest BCUT2D eigenvalue weighted by Crippen LogP contribution is -2.48. The summed E-state index contributed by atoms with van der Waals surface area (Å²) >= 11 is 5.86. The number of rotatable bonds is 3. The van der Waals surface area contributed by atoms with Crippen molar-refractivity contribution in [3.05, 3.63) is 0 Å². The number of alkyl halides is 1. The molecule has 1 saturated carbocycles. The van der Waals surface area contributed by atoms with Crippen molar-refractivity contribution in [2.45, 2.75) is 52.5 Å². The van der Waals surface area contributed by atoms with Crippen LogP contribution in [0.3, 0.4) is 0 Å². The van der Waals surface area contributed by atoms with Crippen LogP contribution in [0.4, 0.5) is 0 Å². The normalized spacial score (nSPS) is 26.6. The lowest BCUT2D eigenvalue weighted by molar-refractivity contribution is -0.141. The molecule has 2 atom stereocenters. The Morgan fingerprint density at radius 1 is 1.38 bits per heavy atom. The van der Waals surface area contributed by atoms with Crippen LogP contribution in [0.5, 0.6) is 0 Å². The van der Waals surface area contributed by atoms with Crippen LogP contribution in [-0.2, 0) is 4.79 Å². The second-order valence-electron chi connectivity index (χ2n) is 5.76. The molecule has 94 valence electrons. The van der Waals surface area contributed by atoms with Crippen LogP contribution in [0.15, 0.2) is 0 Å². The van der Waals surface area contributed by atoms with Gasteiger partial charge in [0.15, 0.2) is 0 Å². The number of hydrogen-bond donors (Lipinski definition) is 0. The predicted molar refractivity (Wildman–Crippen MR) is 68.7 cm³/mol. The molecule has 0 radical (unpaired) electrons. The van der Waals surface area contributed by atoms with Crippen molar-refractivity contribution in [1.82, 2.24) is 4.90 Å². The summed E-state index contributed by atoms with van der Waals surface area (Å²) in [7, 11) is 1.93. The van der Waals surface area contributed by atoms with E-state index < -0.39 is 5.41 Å². The van der Waals surface area contributed by atoms with Crippen molar-refractivity contribution in [2.24, 2.45) is 11.3 Å². The van der Waals surface area contributed by atoms with Crippen molar-refractivity contribution in [3.63, 3.8) is 0 Å². The van der Waals surface area contributed by atoms with E-state index in [1.807, 2.05) is 25.8 Å². The minimum atomic E-state index is -0.437. The number of carbonyl (C=O) groups is 1. The fourth-order valence-electron chi connectivity index (χ4n) is 2.56. The maximum Gasteiger partial charge on any atom is 0.229 e. The van der Waals surface area contributed by atoms with Crippen LogP contribution in [0, 0.1) is 11.3 Å². The van der Waals surface area contributed by atoms with Gasteiger partial charge in [0, 0.05) is 19.0 Å². The molecule has 1 rings (SSSR count). The Balaban J connectivity index is 2.69. The van der Waals surface area contributed by atoms with Crippen LogP contribution >= 0.6 is 11.6 Å². The molecule has 0 saturated heterocycles. The summed E-state index contributed by atoms with van der Waals surface area (Å²) < 4.78 is 0. The molecule has 1 aliphatic carbocycles. The number of hydrogen-bond acceptors (Lipinski definition) is 1. The molecule has 0 aromatic rings. The maximum absolute atomic E-state index is 12.3. The third kappa shape index (κ3) is 2.91. The van der Waals surface area contributed by atoms with Crippen molar-refractivity contribution in [1.29, 1.82) is 0 Å². The van der Waals surface area contributed by atoms with E-state index in [-0.39, 0.29) is 5.91 Å². The van der Waals surface area contributed by atoms with Crippen LogP contribution in [-0.4, -0.2) is 29.8 Å². The van der Waals surface area contributed by atoms with Crippen LogP contribution < -0.4 is 0 Å². The Morgan fingerprint density at radius 3 is 2.44 bits per heavy atom. The molecule has 0 heterocycles. The van der Waals surface area contributed by atoms with E-state index in [0.29, 0.717) is 17.8 Å². The second kappa shape index (κ2) is 5.39. The largest absolute Gasteiger partial charge is 0.342 e. The molecule has 16 heavy (non-hydrogen) atoms. The zero-order valence-corrected chi connectivity index (χ0v) is 11.7. The van der Waals surface area contributed by atoms with E-state index in [2.05, 4.69) is 6.92 Å². The summed E-state index contributed by atoms with van der Waals surface area (Å²) in [6, 6.07) is 0.406. The van der Waals surface area contributed by atoms with E-state index in [1.165, 1.54) is 19.3 Å². The average Bonchev–Trinajstić information content (AvgIpc) is 2.27. The van der Waals surface area contributed by atoms with E-state index in [4.69, 9.17) is 11.6 Å². The van der Waals surface area contributed by atoms with E-state index in [0.717, 1.165) is 6.42 Å². The van der Waals surface area contributed by atoms with Gasteiger partial charge in [-0.2, -0.15) is 0 Å². The minimum absolute atomic E-state index is 0.182. The summed E-state index contributed by atoms with van der Waals surface area (Å²) in [4.78, 5) is 14.2. The molecule has 2 nitrogen and oxygen atoms in total. The van der Waals surface area contributed by atoms with Gasteiger partial charge < -0.3 is 4.90 Å². The third-order valence-corrected chi connectivity index (χ3v) is 4.47. The van der Waals surface area contributed by atoms with E-state index in [1.54, 1.807) is 0 Å². The van der Waals surface area contributed by atoms with Crippen LogP contribution in [0.2, 0.25) is 0 Å². The predicted octanol–water partition coefficient (Wildman–Crippen LogP) is 3.29. The first-order valence-electron chi connectivity index (χ1n) is 6.23. The highest BCUT2D eigenvalue weighted by atomic mass is 35.5. The van der Waals surface area contributed by atoms with E-state index in [9.17, 15) is 4.79 Å². The highest BCUT2D eigenvalue weighted by Gasteiger charge is 2.35. The van der Waals surface area contributed by atoms with Gasteiger partial charge in [0.1, 0.15) is 0 Å². The highest BCUT2D eigenvalue weighted by molar-refractivity contribution is 6.19. The monoisotopic (exact) mass is 245 g/mol. The van der Waals surface area contributed by atoms with Gasteiger partial charge in [0.2, 0.25) is 5.91 Å². The average molecular weight is 246 g/mol. The van der Waals surface area contributed by atoms with Crippen molar-refractivity contribution < 1.29 is 4.79 Å². The molecular formula is C13H24ClNO. The topological polar surface area (TPSA) is 20.3 Å². The van der Waals surface area contributed by atoms with Gasteiger partial charge in [-0.1, -0.05) is 19.8 Å². The fraction of sp³-hybridized carbons (Fsp3) is 0.923. The molecule has 3 heteroatoms. The third-order valence-electron chi connectivity index (χ3n) is 3.80. The Hall–Kier alpha value is -0.240. The number of carbonyl (C=O) groups excluding carboxylic acids is 1. The highest BCUT2D eigenvalue weighted by Crippen LogP contribution is 2.30. The SMILES string of the molecule is CC1CCCCC1N(C)C(=O)C(C)(C)CCl. The molecule has 0 N–H and O–H groups in total. The van der Waals surface area contributed by atoms with E-state index >= 15 is 0 Å². The van der Waals surface area contributed by atoms with Crippen LogP contribution in [0.25, 0.3) is 0 Å². The van der Waals surface area contributed by atoms with Gasteiger partial charge >= 0.3 is 0 Å². The van der Waals surface area contributed by atoms with Gasteiger partial charge in [-0.3, -0.25) is 4.79 Å². The number of halogens is 1. The summed E-state index contributed by atoms with van der Waals surface area (Å²) in [6.07, 6.45) is 4.93. The van der Waals surface area contributed by atoms with Crippen LogP contribution in [0.1, 0.15) is 46.5 Å². The molecular weight excluding hydrogens is 222 g/mol. The Bertz CT molecular complexity index is 252. The number of nitrogens with zero attached hydrogens (tertiary/aromatic N) is 1. The van der Waals surface area contributed by atoms with Gasteiger partial charge in [-0.05, 0) is 32.6 Å². The summed E-state index contributed by atoms with van der Waals surface area (Å²) in [5, 5.41) is 0. The smallest absolute Gasteiger partial charge is 0.229 e. The van der Waals surface area contributed by atoms with Gasteiger partial charge in [0.05, 0.1) is 5.41 Å². The molecule has 0 bridgehead atoms. The Labute approximate surface area is 104 Å². The number of amides is 1. The molecule has 1 amide bonds. The first-order chi connectivity index (χ1) is 7.40. The quantitative estimate of drug-likeness (QED) is 0.699. The molecule has 0 spiro atoms. The molecule has 0 aromatic heterocycles. The zero-order valence-electron chi connectivity index (χ0n) is 10.9. The molecule has 1 aliphatic rings. The van der Waals surface area contributed by atoms with Crippen molar-refractivity contribution in [2.75, 3.05) is 12.9 Å². The summed E-state index contributed by atoms with van der Waals surface area (Å²) in [5.74, 6) is 1.19. The Kier molecular flexibility index (Phi) is 4.66. The summed E-state index contributed by atoms with van der Waals surface area (Å²) in [5.41, 5.74) is -0.437. The lowest BCUT2D eigenvalue weighted by atomic mass is 9.83. The first kappa shape index (κ1) is 13.8. The maximum atomic E-state index is 12.3. The lowest BCUT2D eigenvalue weighted by Gasteiger charge is -2.39. The van der Waals surface area contributed by atoms with Crippen molar-refractivity contribution >= 4 is 17.5 Å². The molecule has 0 aliphatic heterocycles.